The van der Waals surface area contributed by atoms with Gasteiger partial charge in [0.05, 0.1) is 4.90 Å². The Kier molecular flexibility index (Phi) is 4.21. The summed E-state index contributed by atoms with van der Waals surface area (Å²) in [7, 11) is -3.83. The molecule has 1 N–H and O–H groups in total. The van der Waals surface area contributed by atoms with Gasteiger partial charge in [0, 0.05) is 24.7 Å². The van der Waals surface area contributed by atoms with E-state index in [-0.39, 0.29) is 23.5 Å². The molecule has 24 heavy (non-hydrogen) atoms. The molecule has 1 aliphatic rings. The van der Waals surface area contributed by atoms with E-state index in [9.17, 15) is 17.6 Å². The number of hydrogen-bond donors (Lipinski definition) is 1. The maximum atomic E-state index is 13.9. The number of halogens is 1. The van der Waals surface area contributed by atoms with Crippen molar-refractivity contribution < 1.29 is 22.7 Å². The van der Waals surface area contributed by atoms with Gasteiger partial charge in [-0.05, 0) is 23.3 Å². The van der Waals surface area contributed by atoms with Crippen LogP contribution in [0, 0.1) is 5.82 Å². The summed E-state index contributed by atoms with van der Waals surface area (Å²) in [4.78, 5) is 11.1. The lowest BCUT2D eigenvalue weighted by Gasteiger charge is -2.30. The second-order valence-corrected chi connectivity index (χ2v) is 7.27. The van der Waals surface area contributed by atoms with Gasteiger partial charge in [-0.15, -0.1) is 0 Å². The lowest BCUT2D eigenvalue weighted by molar-refractivity contribution is -0.131. The van der Waals surface area contributed by atoms with E-state index in [4.69, 9.17) is 5.11 Å². The molecule has 0 unspecified atom stereocenters. The van der Waals surface area contributed by atoms with Crippen LogP contribution in [0.3, 0.4) is 0 Å². The largest absolute Gasteiger partial charge is 0.478 e. The van der Waals surface area contributed by atoms with Crippen LogP contribution in [0.15, 0.2) is 59.5 Å². The van der Waals surface area contributed by atoms with E-state index in [1.54, 1.807) is 24.3 Å². The van der Waals surface area contributed by atoms with Crippen LogP contribution in [0.1, 0.15) is 11.1 Å². The molecule has 0 aromatic heterocycles. The van der Waals surface area contributed by atoms with Gasteiger partial charge >= 0.3 is 5.97 Å². The van der Waals surface area contributed by atoms with Crippen LogP contribution in [0.2, 0.25) is 0 Å². The maximum absolute atomic E-state index is 13.9. The van der Waals surface area contributed by atoms with E-state index in [2.05, 4.69) is 0 Å². The average Bonchev–Trinajstić information content (AvgIpc) is 2.54. The van der Waals surface area contributed by atoms with Gasteiger partial charge in [0.25, 0.3) is 0 Å². The molecular weight excluding hydrogens is 333 g/mol. The quantitative estimate of drug-likeness (QED) is 0.866. The van der Waals surface area contributed by atoms with E-state index < -0.39 is 21.8 Å². The standard InChI is InChI=1S/C17H14FNO4S/c18-15-7-3-1-5-12(15)10-19-11-13(9-17(20)21)14-6-2-4-8-16(14)24(19,22)23/h1-9H,10-11H2,(H,20,21)/b13-9+. The number of carboxylic acids is 1. The molecule has 2 aromatic rings. The first-order valence-corrected chi connectivity index (χ1v) is 8.60. The molecule has 5 nitrogen and oxygen atoms in total. The first kappa shape index (κ1) is 16.4. The predicted octanol–water partition coefficient (Wildman–Crippen LogP) is 2.50. The highest BCUT2D eigenvalue weighted by atomic mass is 32.2. The minimum absolute atomic E-state index is 0.0279. The van der Waals surface area contributed by atoms with Crippen molar-refractivity contribution in [1.82, 2.24) is 4.31 Å². The van der Waals surface area contributed by atoms with Gasteiger partial charge in [0.15, 0.2) is 0 Å². The van der Waals surface area contributed by atoms with E-state index in [1.807, 2.05) is 0 Å². The van der Waals surface area contributed by atoms with Crippen LogP contribution in [-0.2, 0) is 21.4 Å². The Morgan fingerprint density at radius 3 is 2.54 bits per heavy atom. The lowest BCUT2D eigenvalue weighted by atomic mass is 10.0. The third kappa shape index (κ3) is 2.95. The summed E-state index contributed by atoms with van der Waals surface area (Å²) in [6, 6.07) is 12.1. The highest BCUT2D eigenvalue weighted by Gasteiger charge is 2.34. The van der Waals surface area contributed by atoms with Gasteiger partial charge in [0.2, 0.25) is 10.0 Å². The smallest absolute Gasteiger partial charge is 0.328 e. The molecule has 1 aliphatic heterocycles. The molecule has 0 bridgehead atoms. The second kappa shape index (κ2) is 6.18. The normalized spacial score (nSPS) is 18.3. The molecular formula is C17H14FNO4S. The van der Waals surface area contributed by atoms with Gasteiger partial charge in [0.1, 0.15) is 5.82 Å². The Bertz CT molecular complexity index is 937. The molecule has 0 spiro atoms. The summed E-state index contributed by atoms with van der Waals surface area (Å²) in [6.07, 6.45) is 0.988. The number of carboxylic acid groups (broad SMARTS) is 1. The molecule has 2 aromatic carbocycles. The molecule has 0 saturated carbocycles. The first-order valence-electron chi connectivity index (χ1n) is 7.16. The molecule has 124 valence electrons. The highest BCUT2D eigenvalue weighted by molar-refractivity contribution is 7.89. The van der Waals surface area contributed by atoms with Crippen molar-refractivity contribution in [3.63, 3.8) is 0 Å². The molecule has 0 amide bonds. The fourth-order valence-electron chi connectivity index (χ4n) is 2.69. The van der Waals surface area contributed by atoms with Gasteiger partial charge in [-0.3, -0.25) is 0 Å². The topological polar surface area (TPSA) is 74.7 Å². The lowest BCUT2D eigenvalue weighted by Crippen LogP contribution is -2.36. The van der Waals surface area contributed by atoms with E-state index >= 15 is 0 Å². The van der Waals surface area contributed by atoms with Gasteiger partial charge in [-0.1, -0.05) is 36.4 Å². The fourth-order valence-corrected chi connectivity index (χ4v) is 4.31. The van der Waals surface area contributed by atoms with Crippen LogP contribution >= 0.6 is 0 Å². The van der Waals surface area contributed by atoms with Crippen molar-refractivity contribution in [1.29, 1.82) is 0 Å². The molecule has 3 rings (SSSR count). The maximum Gasteiger partial charge on any atom is 0.328 e. The zero-order valence-electron chi connectivity index (χ0n) is 12.5. The highest BCUT2D eigenvalue weighted by Crippen LogP contribution is 2.34. The summed E-state index contributed by atoms with van der Waals surface area (Å²) >= 11 is 0. The Labute approximate surface area is 138 Å². The monoisotopic (exact) mass is 347 g/mol. The number of benzene rings is 2. The summed E-state index contributed by atoms with van der Waals surface area (Å²) in [6.45, 7) is -0.291. The minimum atomic E-state index is -3.83. The van der Waals surface area contributed by atoms with Crippen molar-refractivity contribution >= 4 is 21.6 Å². The van der Waals surface area contributed by atoms with Gasteiger partial charge < -0.3 is 5.11 Å². The Morgan fingerprint density at radius 2 is 1.83 bits per heavy atom. The average molecular weight is 347 g/mol. The summed E-state index contributed by atoms with van der Waals surface area (Å²) in [5.41, 5.74) is 0.962. The molecule has 0 fully saturated rings. The van der Waals surface area contributed by atoms with Crippen LogP contribution in [0.5, 0.6) is 0 Å². The van der Waals surface area contributed by atoms with Crippen molar-refractivity contribution in [2.75, 3.05) is 6.54 Å². The van der Waals surface area contributed by atoms with Gasteiger partial charge in [-0.2, -0.15) is 4.31 Å². The van der Waals surface area contributed by atoms with Crippen LogP contribution in [0.25, 0.3) is 5.57 Å². The fraction of sp³-hybridized carbons (Fsp3) is 0.118. The summed E-state index contributed by atoms with van der Waals surface area (Å²) < 4.78 is 40.5. The van der Waals surface area contributed by atoms with E-state index in [0.717, 1.165) is 10.4 Å². The van der Waals surface area contributed by atoms with Crippen molar-refractivity contribution in [3.05, 3.63) is 71.6 Å². The van der Waals surface area contributed by atoms with Crippen molar-refractivity contribution in [2.24, 2.45) is 0 Å². The van der Waals surface area contributed by atoms with Crippen LogP contribution < -0.4 is 0 Å². The van der Waals surface area contributed by atoms with Crippen LogP contribution in [-0.4, -0.2) is 30.3 Å². The zero-order chi connectivity index (χ0) is 17.3. The van der Waals surface area contributed by atoms with Gasteiger partial charge in [-0.25, -0.2) is 17.6 Å². The Morgan fingerprint density at radius 1 is 1.17 bits per heavy atom. The Hall–Kier alpha value is -2.51. The number of rotatable bonds is 3. The molecule has 0 saturated heterocycles. The summed E-state index contributed by atoms with van der Waals surface area (Å²) in [5.74, 6) is -1.67. The predicted molar refractivity (Wildman–Crippen MR) is 86.1 cm³/mol. The third-order valence-corrected chi connectivity index (χ3v) is 5.65. The zero-order valence-corrected chi connectivity index (χ0v) is 13.3. The molecule has 7 heteroatoms. The number of fused-ring (bicyclic) bond motifs is 1. The minimum Gasteiger partial charge on any atom is -0.478 e. The molecule has 0 aliphatic carbocycles. The molecule has 1 heterocycles. The van der Waals surface area contributed by atoms with E-state index in [0.29, 0.717) is 11.1 Å². The SMILES string of the molecule is O=C(O)/C=C1\CN(Cc2ccccc2F)S(=O)(=O)c2ccccc21. The molecule has 0 atom stereocenters. The van der Waals surface area contributed by atoms with Crippen molar-refractivity contribution in [3.8, 4) is 0 Å². The number of aliphatic carboxylic acids is 1. The van der Waals surface area contributed by atoms with E-state index in [1.165, 1.54) is 24.3 Å². The molecule has 0 radical (unpaired) electrons. The van der Waals surface area contributed by atoms with Crippen molar-refractivity contribution in [2.45, 2.75) is 11.4 Å². The first-order chi connectivity index (χ1) is 11.4. The number of carbonyl (C=O) groups is 1. The summed E-state index contributed by atoms with van der Waals surface area (Å²) in [5, 5.41) is 9.04. The number of hydrogen-bond acceptors (Lipinski definition) is 3. The Balaban J connectivity index is 2.09. The number of nitrogens with zero attached hydrogens (tertiary/aromatic N) is 1. The van der Waals surface area contributed by atoms with Crippen LogP contribution in [0.4, 0.5) is 4.39 Å². The number of sulfonamides is 1. The third-order valence-electron chi connectivity index (χ3n) is 3.80. The second-order valence-electron chi connectivity index (χ2n) is 5.37.